The highest BCUT2D eigenvalue weighted by Crippen LogP contribution is 2.33. The van der Waals surface area contributed by atoms with Crippen LogP contribution in [0.3, 0.4) is 0 Å². The summed E-state index contributed by atoms with van der Waals surface area (Å²) in [5.74, 6) is 0.402. The monoisotopic (exact) mass is 365 g/mol. The molecular formula is C23H27NO3. The molecule has 4 nitrogen and oxygen atoms in total. The van der Waals surface area contributed by atoms with E-state index in [1.807, 2.05) is 18.2 Å². The lowest BCUT2D eigenvalue weighted by Gasteiger charge is -2.08. The van der Waals surface area contributed by atoms with E-state index in [4.69, 9.17) is 4.74 Å². The molecule has 3 rings (SSSR count). The van der Waals surface area contributed by atoms with Gasteiger partial charge in [-0.1, -0.05) is 51.5 Å². The van der Waals surface area contributed by atoms with Gasteiger partial charge in [0.05, 0.1) is 18.7 Å². The van der Waals surface area contributed by atoms with Gasteiger partial charge >= 0.3 is 5.97 Å². The molecule has 4 heteroatoms. The number of benzene rings is 2. The predicted molar refractivity (Wildman–Crippen MR) is 110 cm³/mol. The number of hydrogen-bond acceptors (Lipinski definition) is 2. The second-order valence-corrected chi connectivity index (χ2v) is 7.24. The molecule has 0 radical (unpaired) electrons. The van der Waals surface area contributed by atoms with E-state index in [2.05, 4.69) is 50.0 Å². The molecule has 1 aromatic heterocycles. The maximum absolute atomic E-state index is 11.5. The van der Waals surface area contributed by atoms with Crippen LogP contribution in [0.25, 0.3) is 22.2 Å². The van der Waals surface area contributed by atoms with Crippen LogP contribution in [0.1, 0.15) is 50.7 Å². The Morgan fingerprint density at radius 3 is 2.52 bits per heavy atom. The molecule has 0 unspecified atom stereocenters. The van der Waals surface area contributed by atoms with Crippen LogP contribution in [0, 0.1) is 0 Å². The van der Waals surface area contributed by atoms with Crippen molar-refractivity contribution in [3.63, 3.8) is 0 Å². The Morgan fingerprint density at radius 2 is 1.89 bits per heavy atom. The van der Waals surface area contributed by atoms with E-state index >= 15 is 0 Å². The van der Waals surface area contributed by atoms with Crippen LogP contribution in [0.5, 0.6) is 5.75 Å². The third kappa shape index (κ3) is 4.33. The number of aliphatic carboxylic acids is 1. The Morgan fingerprint density at radius 1 is 1.15 bits per heavy atom. The first-order chi connectivity index (χ1) is 13.0. The summed E-state index contributed by atoms with van der Waals surface area (Å²) in [5.41, 5.74) is 4.86. The fourth-order valence-electron chi connectivity index (χ4n) is 3.27. The van der Waals surface area contributed by atoms with Crippen molar-refractivity contribution in [1.29, 1.82) is 0 Å². The van der Waals surface area contributed by atoms with Crippen LogP contribution in [0.2, 0.25) is 0 Å². The summed E-state index contributed by atoms with van der Waals surface area (Å²) in [6.45, 7) is 7.12. The van der Waals surface area contributed by atoms with Crippen molar-refractivity contribution in [2.24, 2.45) is 0 Å². The third-order valence-electron chi connectivity index (χ3n) is 4.84. The molecule has 0 fully saturated rings. The Kier molecular flexibility index (Phi) is 5.84. The minimum atomic E-state index is -0.840. The average molecular weight is 365 g/mol. The van der Waals surface area contributed by atoms with E-state index in [1.54, 1.807) is 0 Å². The summed E-state index contributed by atoms with van der Waals surface area (Å²) in [4.78, 5) is 14.9. The van der Waals surface area contributed by atoms with Gasteiger partial charge in [0.15, 0.2) is 0 Å². The zero-order valence-corrected chi connectivity index (χ0v) is 16.2. The molecule has 0 aliphatic heterocycles. The number of aromatic nitrogens is 1. The number of carboxylic acids is 1. The molecule has 0 saturated carbocycles. The lowest BCUT2D eigenvalue weighted by molar-refractivity contribution is -0.136. The molecule has 142 valence electrons. The maximum atomic E-state index is 11.5. The molecule has 0 atom stereocenters. The molecule has 0 saturated heterocycles. The van der Waals surface area contributed by atoms with Crippen LogP contribution in [-0.4, -0.2) is 22.7 Å². The summed E-state index contributed by atoms with van der Waals surface area (Å²) in [5, 5.41) is 10.3. The van der Waals surface area contributed by atoms with E-state index in [0.29, 0.717) is 12.5 Å². The summed E-state index contributed by atoms with van der Waals surface area (Å²) >= 11 is 0. The maximum Gasteiger partial charge on any atom is 0.307 e. The quantitative estimate of drug-likeness (QED) is 0.499. The van der Waals surface area contributed by atoms with Crippen molar-refractivity contribution in [3.8, 4) is 17.0 Å². The second kappa shape index (κ2) is 8.30. The molecule has 0 aliphatic carbocycles. The van der Waals surface area contributed by atoms with Crippen molar-refractivity contribution in [3.05, 3.63) is 53.6 Å². The summed E-state index contributed by atoms with van der Waals surface area (Å²) < 4.78 is 5.81. The molecule has 2 aromatic carbocycles. The van der Waals surface area contributed by atoms with Crippen LogP contribution >= 0.6 is 0 Å². The molecule has 27 heavy (non-hydrogen) atoms. The second-order valence-electron chi connectivity index (χ2n) is 7.24. The van der Waals surface area contributed by atoms with Crippen molar-refractivity contribution in [2.45, 2.75) is 46.0 Å². The fraction of sp³-hybridized carbons (Fsp3) is 0.348. The van der Waals surface area contributed by atoms with Gasteiger partial charge in [0.1, 0.15) is 5.75 Å². The molecule has 0 aliphatic rings. The average Bonchev–Trinajstić information content (AvgIpc) is 2.99. The number of ether oxygens (including phenoxy) is 1. The predicted octanol–water partition coefficient (Wildman–Crippen LogP) is 5.76. The van der Waals surface area contributed by atoms with E-state index in [1.165, 1.54) is 5.56 Å². The van der Waals surface area contributed by atoms with E-state index in [-0.39, 0.29) is 6.42 Å². The summed E-state index contributed by atoms with van der Waals surface area (Å²) in [6.07, 6.45) is 2.05. The molecule has 1 heterocycles. The standard InChI is InChI=1S/C23H27NO3/c1-4-5-12-27-18-10-11-21-19(13-18)20(14-22(25)26)23(24-21)17-8-6-16(7-9-17)15(2)3/h6-11,13,15,24H,4-5,12,14H2,1-3H3,(H,25,26). The van der Waals surface area contributed by atoms with Crippen molar-refractivity contribution in [1.82, 2.24) is 4.98 Å². The van der Waals surface area contributed by atoms with Crippen molar-refractivity contribution >= 4 is 16.9 Å². The van der Waals surface area contributed by atoms with Crippen molar-refractivity contribution in [2.75, 3.05) is 6.61 Å². The lowest BCUT2D eigenvalue weighted by atomic mass is 9.98. The van der Waals surface area contributed by atoms with Gasteiger partial charge in [0.2, 0.25) is 0 Å². The molecule has 0 amide bonds. The first kappa shape index (κ1) is 19.0. The van der Waals surface area contributed by atoms with Gasteiger partial charge < -0.3 is 14.8 Å². The number of carboxylic acid groups (broad SMARTS) is 1. The van der Waals surface area contributed by atoms with Gasteiger partial charge in [-0.15, -0.1) is 0 Å². The minimum absolute atomic E-state index is 0.0281. The molecule has 3 aromatic rings. The number of H-pyrrole nitrogens is 1. The topological polar surface area (TPSA) is 62.3 Å². The first-order valence-corrected chi connectivity index (χ1v) is 9.59. The highest BCUT2D eigenvalue weighted by molar-refractivity contribution is 5.94. The molecule has 2 N–H and O–H groups in total. The molecule has 0 spiro atoms. The zero-order chi connectivity index (χ0) is 19.4. The highest BCUT2D eigenvalue weighted by Gasteiger charge is 2.17. The summed E-state index contributed by atoms with van der Waals surface area (Å²) in [7, 11) is 0. The smallest absolute Gasteiger partial charge is 0.307 e. The van der Waals surface area contributed by atoms with E-state index < -0.39 is 5.97 Å². The normalized spacial score (nSPS) is 11.3. The van der Waals surface area contributed by atoms with Gasteiger partial charge in [0, 0.05) is 10.9 Å². The number of nitrogens with one attached hydrogen (secondary N) is 1. The number of fused-ring (bicyclic) bond motifs is 1. The molecule has 0 bridgehead atoms. The Labute approximate surface area is 160 Å². The highest BCUT2D eigenvalue weighted by atomic mass is 16.5. The number of unbranched alkanes of at least 4 members (excludes halogenated alkanes) is 1. The third-order valence-corrected chi connectivity index (χ3v) is 4.84. The summed E-state index contributed by atoms with van der Waals surface area (Å²) in [6, 6.07) is 14.2. The Bertz CT molecular complexity index is 923. The lowest BCUT2D eigenvalue weighted by Crippen LogP contribution is -2.01. The number of hydrogen-bond donors (Lipinski definition) is 2. The van der Waals surface area contributed by atoms with Gasteiger partial charge in [-0.25, -0.2) is 0 Å². The van der Waals surface area contributed by atoms with Crippen molar-refractivity contribution < 1.29 is 14.6 Å². The number of carbonyl (C=O) groups is 1. The fourth-order valence-corrected chi connectivity index (χ4v) is 3.27. The van der Waals surface area contributed by atoms with Gasteiger partial charge in [-0.05, 0) is 47.2 Å². The SMILES string of the molecule is CCCCOc1ccc2[nH]c(-c3ccc(C(C)C)cc3)c(CC(=O)O)c2c1. The van der Waals surface area contributed by atoms with E-state index in [9.17, 15) is 9.90 Å². The van der Waals surface area contributed by atoms with Crippen LogP contribution in [-0.2, 0) is 11.2 Å². The van der Waals surface area contributed by atoms with E-state index in [0.717, 1.165) is 46.3 Å². The van der Waals surface area contributed by atoms with Crippen LogP contribution in [0.15, 0.2) is 42.5 Å². The zero-order valence-electron chi connectivity index (χ0n) is 16.2. The number of rotatable bonds is 8. The van der Waals surface area contributed by atoms with Crippen LogP contribution in [0.4, 0.5) is 0 Å². The largest absolute Gasteiger partial charge is 0.494 e. The first-order valence-electron chi connectivity index (χ1n) is 9.59. The van der Waals surface area contributed by atoms with Gasteiger partial charge in [-0.2, -0.15) is 0 Å². The minimum Gasteiger partial charge on any atom is -0.494 e. The van der Waals surface area contributed by atoms with Crippen LogP contribution < -0.4 is 4.74 Å². The van der Waals surface area contributed by atoms with Gasteiger partial charge in [-0.3, -0.25) is 4.79 Å². The van der Waals surface area contributed by atoms with Gasteiger partial charge in [0.25, 0.3) is 0 Å². The number of aromatic amines is 1. The Hall–Kier alpha value is -2.75. The Balaban J connectivity index is 2.04. The molecular weight excluding hydrogens is 338 g/mol.